The topological polar surface area (TPSA) is 93.5 Å². The minimum atomic E-state index is -0.604. The Balaban J connectivity index is 1.65. The summed E-state index contributed by atoms with van der Waals surface area (Å²) in [5.74, 6) is -0.386. The van der Waals surface area contributed by atoms with Crippen LogP contribution in [0.25, 0.3) is 10.6 Å². The van der Waals surface area contributed by atoms with Crippen molar-refractivity contribution in [1.82, 2.24) is 16.0 Å². The predicted octanol–water partition coefficient (Wildman–Crippen LogP) is 3.14. The van der Waals surface area contributed by atoms with Crippen molar-refractivity contribution in [2.75, 3.05) is 7.11 Å². The lowest BCUT2D eigenvalue weighted by atomic mass is 10.2. The van der Waals surface area contributed by atoms with Crippen molar-refractivity contribution >= 4 is 34.8 Å². The van der Waals surface area contributed by atoms with E-state index in [9.17, 15) is 9.59 Å². The molecule has 1 aromatic carbocycles. The number of rotatable bonds is 4. The van der Waals surface area contributed by atoms with Gasteiger partial charge in [0.15, 0.2) is 11.5 Å². The largest absolute Gasteiger partial charge is 0.496 e. The second-order valence-electron chi connectivity index (χ2n) is 4.81. The Morgan fingerprint density at radius 1 is 1.20 bits per heavy atom. The van der Waals surface area contributed by atoms with E-state index in [0.717, 1.165) is 4.88 Å². The zero-order valence-electron chi connectivity index (χ0n) is 12.9. The number of amides is 2. The summed E-state index contributed by atoms with van der Waals surface area (Å²) >= 11 is 7.32. The fourth-order valence-electron chi connectivity index (χ4n) is 2.01. The van der Waals surface area contributed by atoms with E-state index in [1.807, 2.05) is 17.5 Å². The monoisotopic (exact) mass is 377 g/mol. The van der Waals surface area contributed by atoms with Crippen LogP contribution in [-0.4, -0.2) is 24.1 Å². The number of carbonyl (C=O) groups excluding carboxylic acids is 2. The van der Waals surface area contributed by atoms with Gasteiger partial charge in [-0.1, -0.05) is 22.8 Å². The van der Waals surface area contributed by atoms with Crippen LogP contribution in [0.4, 0.5) is 0 Å². The molecule has 9 heteroatoms. The molecule has 0 atom stereocenters. The molecule has 3 rings (SSSR count). The van der Waals surface area contributed by atoms with Crippen molar-refractivity contribution in [3.63, 3.8) is 0 Å². The first kappa shape index (κ1) is 17.0. The van der Waals surface area contributed by atoms with Gasteiger partial charge in [0.1, 0.15) is 5.75 Å². The zero-order valence-corrected chi connectivity index (χ0v) is 14.5. The Labute approximate surface area is 151 Å². The van der Waals surface area contributed by atoms with Crippen LogP contribution in [0.5, 0.6) is 5.75 Å². The molecule has 25 heavy (non-hydrogen) atoms. The third-order valence-corrected chi connectivity index (χ3v) is 4.32. The lowest BCUT2D eigenvalue weighted by Crippen LogP contribution is -2.41. The molecule has 0 aliphatic heterocycles. The fraction of sp³-hybridized carbons (Fsp3) is 0.0625. The lowest BCUT2D eigenvalue weighted by molar-refractivity contribution is 0.0840. The van der Waals surface area contributed by atoms with Crippen molar-refractivity contribution in [1.29, 1.82) is 0 Å². The number of thiophene rings is 1. The minimum absolute atomic E-state index is 0.0479. The van der Waals surface area contributed by atoms with E-state index in [4.69, 9.17) is 20.9 Å². The van der Waals surface area contributed by atoms with Crippen molar-refractivity contribution in [3.05, 3.63) is 58.1 Å². The highest BCUT2D eigenvalue weighted by atomic mass is 35.5. The molecule has 128 valence electrons. The number of carbonyl (C=O) groups is 2. The number of aromatic nitrogens is 1. The smallest absolute Gasteiger partial charge is 0.291 e. The Bertz CT molecular complexity index is 908. The molecule has 0 radical (unpaired) electrons. The molecule has 0 aliphatic carbocycles. The summed E-state index contributed by atoms with van der Waals surface area (Å²) in [5.41, 5.74) is 4.85. The van der Waals surface area contributed by atoms with E-state index in [1.165, 1.54) is 36.6 Å². The van der Waals surface area contributed by atoms with Gasteiger partial charge in [0, 0.05) is 11.1 Å². The summed E-state index contributed by atoms with van der Waals surface area (Å²) in [6, 6.07) is 9.75. The van der Waals surface area contributed by atoms with Gasteiger partial charge in [0.25, 0.3) is 11.8 Å². The van der Waals surface area contributed by atoms with Crippen LogP contribution in [0.15, 0.2) is 46.3 Å². The molecule has 0 bridgehead atoms. The van der Waals surface area contributed by atoms with Gasteiger partial charge in [0.2, 0.25) is 0 Å². The van der Waals surface area contributed by atoms with E-state index >= 15 is 0 Å². The highest BCUT2D eigenvalue weighted by molar-refractivity contribution is 7.13. The maximum Gasteiger partial charge on any atom is 0.291 e. The summed E-state index contributed by atoms with van der Waals surface area (Å²) in [6.07, 6.45) is 0. The van der Waals surface area contributed by atoms with Crippen LogP contribution in [0.2, 0.25) is 5.02 Å². The van der Waals surface area contributed by atoms with E-state index in [2.05, 4.69) is 16.0 Å². The van der Waals surface area contributed by atoms with Crippen LogP contribution in [0, 0.1) is 0 Å². The first-order chi connectivity index (χ1) is 12.1. The quantitative estimate of drug-likeness (QED) is 0.681. The van der Waals surface area contributed by atoms with Crippen LogP contribution in [0.1, 0.15) is 20.8 Å². The fourth-order valence-corrected chi connectivity index (χ4v) is 2.85. The van der Waals surface area contributed by atoms with Gasteiger partial charge in [-0.2, -0.15) is 0 Å². The number of ether oxygens (including phenoxy) is 1. The van der Waals surface area contributed by atoms with Crippen LogP contribution < -0.4 is 15.6 Å². The highest BCUT2D eigenvalue weighted by Crippen LogP contribution is 2.25. The van der Waals surface area contributed by atoms with E-state index in [1.54, 1.807) is 6.07 Å². The molecule has 0 unspecified atom stereocenters. The Kier molecular flexibility index (Phi) is 5.01. The molecule has 7 nitrogen and oxygen atoms in total. The van der Waals surface area contributed by atoms with E-state index in [0.29, 0.717) is 16.5 Å². The van der Waals surface area contributed by atoms with Crippen LogP contribution >= 0.6 is 22.9 Å². The maximum absolute atomic E-state index is 12.2. The number of methoxy groups -OCH3 is 1. The Morgan fingerprint density at radius 3 is 2.72 bits per heavy atom. The summed E-state index contributed by atoms with van der Waals surface area (Å²) < 4.78 is 10.2. The molecule has 3 aromatic rings. The van der Waals surface area contributed by atoms with Crippen molar-refractivity contribution < 1.29 is 18.8 Å². The third-order valence-electron chi connectivity index (χ3n) is 3.20. The van der Waals surface area contributed by atoms with Crippen molar-refractivity contribution in [3.8, 4) is 16.4 Å². The second-order valence-corrected chi connectivity index (χ2v) is 6.19. The molecule has 0 saturated carbocycles. The van der Waals surface area contributed by atoms with Crippen LogP contribution in [-0.2, 0) is 0 Å². The summed E-state index contributed by atoms with van der Waals surface area (Å²) in [5, 5.41) is 6.01. The average Bonchev–Trinajstić information content (AvgIpc) is 3.30. The molecule has 0 saturated heterocycles. The molecular weight excluding hydrogens is 366 g/mol. The van der Waals surface area contributed by atoms with Crippen LogP contribution in [0.3, 0.4) is 0 Å². The van der Waals surface area contributed by atoms with Gasteiger partial charge < -0.3 is 9.26 Å². The molecule has 2 aromatic heterocycles. The van der Waals surface area contributed by atoms with Crippen molar-refractivity contribution in [2.45, 2.75) is 0 Å². The first-order valence-corrected chi connectivity index (χ1v) is 8.29. The predicted molar refractivity (Wildman–Crippen MR) is 92.8 cm³/mol. The van der Waals surface area contributed by atoms with Crippen molar-refractivity contribution in [2.24, 2.45) is 0 Å². The maximum atomic E-state index is 12.2. The zero-order chi connectivity index (χ0) is 17.8. The number of hydrogen-bond acceptors (Lipinski definition) is 6. The van der Waals surface area contributed by atoms with Gasteiger partial charge in [-0.05, 0) is 29.6 Å². The van der Waals surface area contributed by atoms with Gasteiger partial charge in [-0.3, -0.25) is 20.4 Å². The molecule has 2 amide bonds. The molecule has 0 spiro atoms. The molecular formula is C16H12ClN3O4S. The summed E-state index contributed by atoms with van der Waals surface area (Å²) in [7, 11) is 1.42. The summed E-state index contributed by atoms with van der Waals surface area (Å²) in [6.45, 7) is 0. The SMILES string of the molecule is COc1cc(Cl)ccc1C(=O)NNC(=O)c1cc(-c2cccs2)on1. The van der Waals surface area contributed by atoms with Gasteiger partial charge in [-0.25, -0.2) is 0 Å². The minimum Gasteiger partial charge on any atom is -0.496 e. The molecule has 2 N–H and O–H groups in total. The number of hydrazine groups is 1. The highest BCUT2D eigenvalue weighted by Gasteiger charge is 2.17. The second kappa shape index (κ2) is 7.37. The number of benzene rings is 1. The first-order valence-electron chi connectivity index (χ1n) is 7.03. The number of nitrogens with zero attached hydrogens (tertiary/aromatic N) is 1. The molecule has 0 aliphatic rings. The number of hydrogen-bond donors (Lipinski definition) is 2. The number of halogens is 1. The molecule has 2 heterocycles. The van der Waals surface area contributed by atoms with E-state index < -0.39 is 11.8 Å². The Hall–Kier alpha value is -2.84. The lowest BCUT2D eigenvalue weighted by Gasteiger charge is -2.09. The van der Waals surface area contributed by atoms with Gasteiger partial charge >= 0.3 is 0 Å². The Morgan fingerprint density at radius 2 is 2.00 bits per heavy atom. The number of nitrogens with one attached hydrogen (secondary N) is 2. The summed E-state index contributed by atoms with van der Waals surface area (Å²) in [4.78, 5) is 25.1. The average molecular weight is 378 g/mol. The molecule has 0 fully saturated rings. The van der Waals surface area contributed by atoms with Gasteiger partial charge in [0.05, 0.1) is 17.6 Å². The normalized spacial score (nSPS) is 10.3. The van der Waals surface area contributed by atoms with Gasteiger partial charge in [-0.15, -0.1) is 11.3 Å². The standard InChI is InChI=1S/C16H12ClN3O4S/c1-23-12-7-9(17)4-5-10(12)15(21)18-19-16(22)11-8-13(24-20-11)14-3-2-6-25-14/h2-8H,1H3,(H,18,21)(H,19,22). The third kappa shape index (κ3) is 3.81. The van der Waals surface area contributed by atoms with E-state index in [-0.39, 0.29) is 11.3 Å².